The van der Waals surface area contributed by atoms with Crippen LogP contribution in [0.1, 0.15) is 19.3 Å². The van der Waals surface area contributed by atoms with E-state index in [1.807, 2.05) is 12.1 Å². The van der Waals surface area contributed by atoms with Gasteiger partial charge in [0.1, 0.15) is 0 Å². The third-order valence-electron chi connectivity index (χ3n) is 3.97. The summed E-state index contributed by atoms with van der Waals surface area (Å²) in [6.45, 7) is 4.05. The third kappa shape index (κ3) is 3.71. The van der Waals surface area contributed by atoms with Gasteiger partial charge in [-0.2, -0.15) is 0 Å². The maximum Gasteiger partial charge on any atom is 0.226 e. The first-order chi connectivity index (χ1) is 10.3. The van der Waals surface area contributed by atoms with Crippen LogP contribution in [0.15, 0.2) is 18.3 Å². The lowest BCUT2D eigenvalue weighted by molar-refractivity contribution is -0.116. The minimum absolute atomic E-state index is 0.0527. The summed E-state index contributed by atoms with van der Waals surface area (Å²) in [6, 6.07) is 4.08. The van der Waals surface area contributed by atoms with Crippen molar-refractivity contribution in [3.63, 3.8) is 0 Å². The molecule has 0 bridgehead atoms. The van der Waals surface area contributed by atoms with Gasteiger partial charge in [-0.05, 0) is 31.5 Å². The Bertz CT molecular complexity index is 482. The molecule has 114 valence electrons. The van der Waals surface area contributed by atoms with E-state index < -0.39 is 0 Å². The first kappa shape index (κ1) is 14.3. The number of hydrogen-bond acceptors (Lipinski definition) is 5. The fraction of sp³-hybridized carbons (Fsp3) is 0.600. The van der Waals surface area contributed by atoms with Crippen LogP contribution >= 0.6 is 0 Å². The predicted octanol–water partition coefficient (Wildman–Crippen LogP) is 0.999. The molecule has 2 aliphatic heterocycles. The van der Waals surface area contributed by atoms with Gasteiger partial charge >= 0.3 is 0 Å². The van der Waals surface area contributed by atoms with Gasteiger partial charge in [0.15, 0.2) is 5.82 Å². The molecule has 0 saturated carbocycles. The van der Waals surface area contributed by atoms with Gasteiger partial charge in [-0.15, -0.1) is 0 Å². The van der Waals surface area contributed by atoms with Crippen LogP contribution in [0.2, 0.25) is 0 Å². The molecule has 1 unspecified atom stereocenters. The Hall–Kier alpha value is -1.66. The van der Waals surface area contributed by atoms with Crippen molar-refractivity contribution in [1.29, 1.82) is 0 Å². The van der Waals surface area contributed by atoms with Crippen LogP contribution in [0.4, 0.5) is 11.5 Å². The lowest BCUT2D eigenvalue weighted by atomic mass is 10.1. The van der Waals surface area contributed by atoms with E-state index in [-0.39, 0.29) is 5.91 Å². The molecule has 0 aromatic carbocycles. The number of hydrogen-bond donors (Lipinski definition) is 2. The normalized spacial score (nSPS) is 22.3. The van der Waals surface area contributed by atoms with Crippen molar-refractivity contribution in [2.45, 2.75) is 25.3 Å². The molecule has 1 aromatic heterocycles. The maximum absolute atomic E-state index is 12.2. The second kappa shape index (κ2) is 6.87. The Morgan fingerprint density at radius 2 is 2.33 bits per heavy atom. The van der Waals surface area contributed by atoms with Gasteiger partial charge in [0.05, 0.1) is 18.9 Å². The highest BCUT2D eigenvalue weighted by Crippen LogP contribution is 2.24. The van der Waals surface area contributed by atoms with Crippen LogP contribution in [-0.4, -0.2) is 49.8 Å². The summed E-state index contributed by atoms with van der Waals surface area (Å²) in [4.78, 5) is 18.8. The highest BCUT2D eigenvalue weighted by Gasteiger charge is 2.20. The van der Waals surface area contributed by atoms with E-state index in [0.717, 1.165) is 44.0 Å². The number of aromatic nitrogens is 1. The molecule has 3 rings (SSSR count). The van der Waals surface area contributed by atoms with Crippen LogP contribution in [0.3, 0.4) is 0 Å². The summed E-state index contributed by atoms with van der Waals surface area (Å²) in [7, 11) is 0. The number of carbonyl (C=O) groups is 1. The summed E-state index contributed by atoms with van der Waals surface area (Å²) in [5, 5.41) is 6.36. The number of nitrogens with zero attached hydrogens (tertiary/aromatic N) is 2. The summed E-state index contributed by atoms with van der Waals surface area (Å²) >= 11 is 0. The van der Waals surface area contributed by atoms with Crippen LogP contribution in [0.25, 0.3) is 0 Å². The van der Waals surface area contributed by atoms with E-state index in [2.05, 4.69) is 20.5 Å². The van der Waals surface area contributed by atoms with Gasteiger partial charge in [0, 0.05) is 31.7 Å². The van der Waals surface area contributed by atoms with E-state index in [1.165, 1.54) is 0 Å². The summed E-state index contributed by atoms with van der Waals surface area (Å²) in [5.74, 6) is 0.894. The van der Waals surface area contributed by atoms with E-state index >= 15 is 0 Å². The average Bonchev–Trinajstić information content (AvgIpc) is 3.01. The number of nitrogens with one attached hydrogen (secondary N) is 2. The lowest BCUT2D eigenvalue weighted by Gasteiger charge is -2.29. The summed E-state index contributed by atoms with van der Waals surface area (Å²) in [6.07, 6.45) is 4.52. The van der Waals surface area contributed by atoms with Crippen molar-refractivity contribution >= 4 is 17.4 Å². The van der Waals surface area contributed by atoms with E-state index in [9.17, 15) is 4.79 Å². The smallest absolute Gasteiger partial charge is 0.226 e. The number of amides is 1. The Morgan fingerprint density at radius 1 is 1.48 bits per heavy atom. The molecule has 1 atom stereocenters. The van der Waals surface area contributed by atoms with Gasteiger partial charge < -0.3 is 20.3 Å². The molecule has 2 aliphatic rings. The Morgan fingerprint density at radius 3 is 3.10 bits per heavy atom. The third-order valence-corrected chi connectivity index (χ3v) is 3.97. The van der Waals surface area contributed by atoms with Crippen molar-refractivity contribution in [3.8, 4) is 0 Å². The van der Waals surface area contributed by atoms with Gasteiger partial charge in [0.25, 0.3) is 0 Å². The number of morpholine rings is 1. The van der Waals surface area contributed by atoms with Crippen molar-refractivity contribution in [2.75, 3.05) is 43.1 Å². The molecule has 6 heteroatoms. The largest absolute Gasteiger partial charge is 0.378 e. The summed E-state index contributed by atoms with van der Waals surface area (Å²) in [5.41, 5.74) is 0.794. The molecule has 0 radical (unpaired) electrons. The molecule has 0 spiro atoms. The Labute approximate surface area is 124 Å². The van der Waals surface area contributed by atoms with E-state index in [4.69, 9.17) is 4.74 Å². The number of rotatable bonds is 4. The minimum Gasteiger partial charge on any atom is -0.378 e. The highest BCUT2D eigenvalue weighted by atomic mass is 16.5. The van der Waals surface area contributed by atoms with E-state index in [0.29, 0.717) is 25.7 Å². The second-order valence-electron chi connectivity index (χ2n) is 5.52. The fourth-order valence-corrected chi connectivity index (χ4v) is 2.88. The zero-order valence-electron chi connectivity index (χ0n) is 12.2. The molecular formula is C15H22N4O2. The van der Waals surface area contributed by atoms with Gasteiger partial charge in [0.2, 0.25) is 5.91 Å². The van der Waals surface area contributed by atoms with Gasteiger partial charge in [-0.25, -0.2) is 4.98 Å². The van der Waals surface area contributed by atoms with Gasteiger partial charge in [-0.3, -0.25) is 4.79 Å². The standard InChI is InChI=1S/C15H22N4O2/c20-14(11-12-3-1-5-16-12)18-13-4-2-6-17-15(13)19-7-9-21-10-8-19/h2,4,6,12,16H,1,3,5,7-11H2,(H,18,20). The average molecular weight is 290 g/mol. The topological polar surface area (TPSA) is 66.5 Å². The van der Waals surface area contributed by atoms with Crippen LogP contribution in [-0.2, 0) is 9.53 Å². The van der Waals surface area contributed by atoms with Crippen molar-refractivity contribution in [2.24, 2.45) is 0 Å². The monoisotopic (exact) mass is 290 g/mol. The first-order valence-electron chi connectivity index (χ1n) is 7.64. The molecule has 6 nitrogen and oxygen atoms in total. The summed E-state index contributed by atoms with van der Waals surface area (Å²) < 4.78 is 5.37. The molecule has 21 heavy (non-hydrogen) atoms. The molecule has 2 saturated heterocycles. The highest BCUT2D eigenvalue weighted by molar-refractivity contribution is 5.94. The van der Waals surface area contributed by atoms with Crippen molar-refractivity contribution < 1.29 is 9.53 Å². The van der Waals surface area contributed by atoms with E-state index in [1.54, 1.807) is 6.20 Å². The van der Waals surface area contributed by atoms with Gasteiger partial charge in [-0.1, -0.05) is 0 Å². The molecule has 2 N–H and O–H groups in total. The quantitative estimate of drug-likeness (QED) is 0.866. The molecule has 0 aliphatic carbocycles. The SMILES string of the molecule is O=C(CC1CCCN1)Nc1cccnc1N1CCOCC1. The number of ether oxygens (including phenoxy) is 1. The number of carbonyl (C=O) groups excluding carboxylic acids is 1. The Balaban J connectivity index is 1.65. The molecule has 2 fully saturated rings. The molecule has 1 amide bonds. The molecular weight excluding hydrogens is 268 g/mol. The minimum atomic E-state index is 0.0527. The van der Waals surface area contributed by atoms with Crippen LogP contribution in [0.5, 0.6) is 0 Å². The fourth-order valence-electron chi connectivity index (χ4n) is 2.88. The zero-order valence-corrected chi connectivity index (χ0v) is 12.2. The van der Waals surface area contributed by atoms with Crippen LogP contribution in [0, 0.1) is 0 Å². The first-order valence-corrected chi connectivity index (χ1v) is 7.64. The Kier molecular flexibility index (Phi) is 4.67. The number of anilines is 2. The second-order valence-corrected chi connectivity index (χ2v) is 5.52. The van der Waals surface area contributed by atoms with Crippen molar-refractivity contribution in [3.05, 3.63) is 18.3 Å². The molecule has 3 heterocycles. The predicted molar refractivity (Wildman–Crippen MR) is 81.5 cm³/mol. The van der Waals surface area contributed by atoms with Crippen LogP contribution < -0.4 is 15.5 Å². The number of pyridine rings is 1. The zero-order chi connectivity index (χ0) is 14.5. The van der Waals surface area contributed by atoms with Crippen molar-refractivity contribution in [1.82, 2.24) is 10.3 Å². The molecule has 1 aromatic rings. The lowest BCUT2D eigenvalue weighted by Crippen LogP contribution is -2.37. The maximum atomic E-state index is 12.2.